The molecule has 1 aliphatic heterocycles. The molecule has 29 heavy (non-hydrogen) atoms. The van der Waals surface area contributed by atoms with Crippen LogP contribution in [0.4, 0.5) is 10.5 Å². The molecular formula is C23H29N3O3. The van der Waals surface area contributed by atoms with Crippen molar-refractivity contribution in [2.24, 2.45) is 5.92 Å². The van der Waals surface area contributed by atoms with E-state index in [9.17, 15) is 9.59 Å². The summed E-state index contributed by atoms with van der Waals surface area (Å²) in [5.41, 5.74) is 2.32. The van der Waals surface area contributed by atoms with Gasteiger partial charge in [-0.25, -0.2) is 4.79 Å². The number of likely N-dealkylation sites (tertiary alicyclic amines) is 1. The molecule has 1 saturated heterocycles. The van der Waals surface area contributed by atoms with Gasteiger partial charge in [-0.3, -0.25) is 4.79 Å². The average Bonchev–Trinajstić information content (AvgIpc) is 3.42. The first-order valence-corrected chi connectivity index (χ1v) is 10.5. The summed E-state index contributed by atoms with van der Waals surface area (Å²) >= 11 is 0. The molecule has 1 aliphatic carbocycles. The SMILES string of the molecule is Cc1cc(C(=O)N2CCCC(C)C2)ccc1NC(=O)N(Cc1ccco1)C1CC1. The molecule has 1 aromatic heterocycles. The highest BCUT2D eigenvalue weighted by atomic mass is 16.3. The molecule has 1 aromatic carbocycles. The number of hydrogen-bond donors (Lipinski definition) is 1. The molecule has 0 spiro atoms. The fraction of sp³-hybridized carbons (Fsp3) is 0.478. The molecule has 2 heterocycles. The van der Waals surface area contributed by atoms with Crippen molar-refractivity contribution in [1.82, 2.24) is 9.80 Å². The van der Waals surface area contributed by atoms with E-state index in [0.717, 1.165) is 49.4 Å². The second-order valence-corrected chi connectivity index (χ2v) is 8.40. The summed E-state index contributed by atoms with van der Waals surface area (Å²) in [4.78, 5) is 29.5. The molecule has 154 valence electrons. The first-order chi connectivity index (χ1) is 14.0. The topological polar surface area (TPSA) is 65.8 Å². The monoisotopic (exact) mass is 395 g/mol. The van der Waals surface area contributed by atoms with Crippen molar-refractivity contribution >= 4 is 17.6 Å². The average molecular weight is 396 g/mol. The number of furan rings is 1. The van der Waals surface area contributed by atoms with Crippen molar-refractivity contribution in [3.8, 4) is 0 Å². The Labute approximate surface area is 171 Å². The van der Waals surface area contributed by atoms with E-state index in [-0.39, 0.29) is 18.0 Å². The Morgan fingerprint density at radius 1 is 1.24 bits per heavy atom. The zero-order valence-electron chi connectivity index (χ0n) is 17.2. The van der Waals surface area contributed by atoms with Crippen LogP contribution in [0.25, 0.3) is 0 Å². The summed E-state index contributed by atoms with van der Waals surface area (Å²) in [6.45, 7) is 6.23. The highest BCUT2D eigenvalue weighted by Crippen LogP contribution is 2.30. The summed E-state index contributed by atoms with van der Waals surface area (Å²) in [6, 6.07) is 9.39. The van der Waals surface area contributed by atoms with E-state index < -0.39 is 0 Å². The molecule has 6 heteroatoms. The summed E-state index contributed by atoms with van der Waals surface area (Å²) < 4.78 is 5.41. The van der Waals surface area contributed by atoms with E-state index in [1.807, 2.05) is 47.1 Å². The maximum atomic E-state index is 12.9. The minimum absolute atomic E-state index is 0.0787. The second-order valence-electron chi connectivity index (χ2n) is 8.40. The van der Waals surface area contributed by atoms with Crippen LogP contribution >= 0.6 is 0 Å². The number of carbonyl (C=O) groups excluding carboxylic acids is 2. The molecular weight excluding hydrogens is 366 g/mol. The van der Waals surface area contributed by atoms with Crippen molar-refractivity contribution < 1.29 is 14.0 Å². The lowest BCUT2D eigenvalue weighted by molar-refractivity contribution is 0.0683. The third kappa shape index (κ3) is 4.63. The van der Waals surface area contributed by atoms with E-state index in [4.69, 9.17) is 4.42 Å². The van der Waals surface area contributed by atoms with Crippen LogP contribution in [0.3, 0.4) is 0 Å². The first-order valence-electron chi connectivity index (χ1n) is 10.5. The fourth-order valence-electron chi connectivity index (χ4n) is 4.00. The standard InChI is InChI=1S/C23H29N3O3/c1-16-5-3-11-25(14-16)22(27)18-7-10-21(17(2)13-18)24-23(28)26(19-8-9-19)15-20-6-4-12-29-20/h4,6-7,10,12-13,16,19H,3,5,8-9,11,14-15H2,1-2H3,(H,24,28). The summed E-state index contributed by atoms with van der Waals surface area (Å²) in [5, 5.41) is 3.02. The van der Waals surface area contributed by atoms with E-state index in [0.29, 0.717) is 18.0 Å². The number of nitrogens with one attached hydrogen (secondary N) is 1. The van der Waals surface area contributed by atoms with Gasteiger partial charge >= 0.3 is 6.03 Å². The fourth-order valence-corrected chi connectivity index (χ4v) is 4.00. The van der Waals surface area contributed by atoms with Gasteiger partial charge in [0.05, 0.1) is 12.8 Å². The zero-order chi connectivity index (χ0) is 20.4. The van der Waals surface area contributed by atoms with Gasteiger partial charge in [0.2, 0.25) is 0 Å². The van der Waals surface area contributed by atoms with Crippen LogP contribution < -0.4 is 5.32 Å². The molecule has 1 N–H and O–H groups in total. The van der Waals surface area contributed by atoms with Gasteiger partial charge in [0.25, 0.3) is 5.91 Å². The Morgan fingerprint density at radius 3 is 2.72 bits per heavy atom. The number of urea groups is 1. The van der Waals surface area contributed by atoms with Crippen LogP contribution in [-0.2, 0) is 6.54 Å². The number of amides is 3. The minimum atomic E-state index is -0.129. The number of anilines is 1. The van der Waals surface area contributed by atoms with E-state index in [2.05, 4.69) is 12.2 Å². The number of nitrogens with zero attached hydrogens (tertiary/aromatic N) is 2. The molecule has 2 aromatic rings. The second kappa shape index (κ2) is 8.31. The van der Waals surface area contributed by atoms with Crippen LogP contribution in [0.5, 0.6) is 0 Å². The maximum Gasteiger partial charge on any atom is 0.322 e. The van der Waals surface area contributed by atoms with Crippen LogP contribution in [0, 0.1) is 12.8 Å². The van der Waals surface area contributed by atoms with Gasteiger partial charge in [0.15, 0.2) is 0 Å². The number of benzene rings is 1. The van der Waals surface area contributed by atoms with Gasteiger partial charge in [-0.2, -0.15) is 0 Å². The van der Waals surface area contributed by atoms with Crippen molar-refractivity contribution in [2.45, 2.75) is 52.1 Å². The summed E-state index contributed by atoms with van der Waals surface area (Å²) in [6.07, 6.45) is 5.92. The Balaban J connectivity index is 1.43. The lowest BCUT2D eigenvalue weighted by Crippen LogP contribution is -2.39. The number of rotatable bonds is 5. The number of aryl methyl sites for hydroxylation is 1. The molecule has 0 bridgehead atoms. The summed E-state index contributed by atoms with van der Waals surface area (Å²) in [7, 11) is 0. The van der Waals surface area contributed by atoms with E-state index >= 15 is 0 Å². The lowest BCUT2D eigenvalue weighted by atomic mass is 9.99. The van der Waals surface area contributed by atoms with Crippen molar-refractivity contribution in [3.05, 3.63) is 53.5 Å². The Hall–Kier alpha value is -2.76. The van der Waals surface area contributed by atoms with Crippen LogP contribution in [0.2, 0.25) is 0 Å². The first kappa shape index (κ1) is 19.6. The largest absolute Gasteiger partial charge is 0.467 e. The van der Waals surface area contributed by atoms with Crippen molar-refractivity contribution in [3.63, 3.8) is 0 Å². The number of piperidine rings is 1. The molecule has 6 nitrogen and oxygen atoms in total. The number of carbonyl (C=O) groups is 2. The van der Waals surface area contributed by atoms with Crippen molar-refractivity contribution in [1.29, 1.82) is 0 Å². The van der Waals surface area contributed by atoms with E-state index in [1.54, 1.807) is 6.26 Å². The highest BCUT2D eigenvalue weighted by Gasteiger charge is 2.33. The van der Waals surface area contributed by atoms with Gasteiger partial charge in [0, 0.05) is 30.4 Å². The zero-order valence-corrected chi connectivity index (χ0v) is 17.2. The molecule has 2 aliphatic rings. The van der Waals surface area contributed by atoms with E-state index in [1.165, 1.54) is 6.42 Å². The third-order valence-electron chi connectivity index (χ3n) is 5.81. The predicted molar refractivity (Wildman–Crippen MR) is 112 cm³/mol. The molecule has 0 radical (unpaired) electrons. The van der Waals surface area contributed by atoms with Gasteiger partial charge < -0.3 is 19.5 Å². The molecule has 1 unspecified atom stereocenters. The van der Waals surface area contributed by atoms with Gasteiger partial charge in [-0.05, 0) is 74.4 Å². The van der Waals surface area contributed by atoms with Gasteiger partial charge in [-0.15, -0.1) is 0 Å². The Kier molecular flexibility index (Phi) is 5.60. The molecule has 1 saturated carbocycles. The van der Waals surface area contributed by atoms with Crippen LogP contribution in [-0.4, -0.2) is 40.9 Å². The Morgan fingerprint density at radius 2 is 2.07 bits per heavy atom. The molecule has 2 fully saturated rings. The molecule has 4 rings (SSSR count). The maximum absolute atomic E-state index is 12.9. The molecule has 1 atom stereocenters. The van der Waals surface area contributed by atoms with Crippen molar-refractivity contribution in [2.75, 3.05) is 18.4 Å². The molecule has 3 amide bonds. The van der Waals surface area contributed by atoms with Gasteiger partial charge in [-0.1, -0.05) is 6.92 Å². The number of hydrogen-bond acceptors (Lipinski definition) is 3. The summed E-state index contributed by atoms with van der Waals surface area (Å²) in [5.74, 6) is 1.41. The van der Waals surface area contributed by atoms with Gasteiger partial charge in [0.1, 0.15) is 5.76 Å². The highest BCUT2D eigenvalue weighted by molar-refractivity contribution is 5.96. The normalized spacial score (nSPS) is 19.1. The predicted octanol–water partition coefficient (Wildman–Crippen LogP) is 4.66. The third-order valence-corrected chi connectivity index (χ3v) is 5.81. The lowest BCUT2D eigenvalue weighted by Gasteiger charge is -2.31. The minimum Gasteiger partial charge on any atom is -0.467 e. The van der Waals surface area contributed by atoms with Crippen LogP contribution in [0.15, 0.2) is 41.0 Å². The smallest absolute Gasteiger partial charge is 0.322 e. The quantitative estimate of drug-likeness (QED) is 0.801. The van der Waals surface area contributed by atoms with Crippen LogP contribution in [0.1, 0.15) is 54.3 Å². The Bertz CT molecular complexity index is 873.